The van der Waals surface area contributed by atoms with Crippen LogP contribution in [-0.2, 0) is 11.3 Å². The number of hydrogen-bond acceptors (Lipinski definition) is 7. The summed E-state index contributed by atoms with van der Waals surface area (Å²) in [6.07, 6.45) is 8.35. The normalized spacial score (nSPS) is 12.8. The Morgan fingerprint density at radius 1 is 1.12 bits per heavy atom. The number of nitrogens with zero attached hydrogens (tertiary/aromatic N) is 4. The average molecular weight is 436 g/mol. The third kappa shape index (κ3) is 5.55. The van der Waals surface area contributed by atoms with Gasteiger partial charge < -0.3 is 21.7 Å². The van der Waals surface area contributed by atoms with Gasteiger partial charge in [0.15, 0.2) is 0 Å². The Labute approximate surface area is 187 Å². The highest BCUT2D eigenvalue weighted by Gasteiger charge is 2.22. The number of aromatic nitrogens is 2. The van der Waals surface area contributed by atoms with Gasteiger partial charge in [-0.25, -0.2) is 4.99 Å². The molecule has 1 aliphatic rings. The first-order valence-electron chi connectivity index (χ1n) is 10.7. The summed E-state index contributed by atoms with van der Waals surface area (Å²) in [6, 6.07) is 3.38. The topological polar surface area (TPSA) is 140 Å². The van der Waals surface area contributed by atoms with Crippen LogP contribution in [0.1, 0.15) is 54.7 Å². The van der Waals surface area contributed by atoms with Crippen molar-refractivity contribution < 1.29 is 9.59 Å². The maximum atomic E-state index is 13.1. The first-order chi connectivity index (χ1) is 15.4. The summed E-state index contributed by atoms with van der Waals surface area (Å²) in [6.45, 7) is 5.77. The van der Waals surface area contributed by atoms with Gasteiger partial charge in [0.05, 0.1) is 28.8 Å². The van der Waals surface area contributed by atoms with Gasteiger partial charge in [0, 0.05) is 44.0 Å². The number of nitrogens with one attached hydrogen (secondary N) is 1. The minimum atomic E-state index is -0.355. The molecule has 0 unspecified atom stereocenters. The predicted molar refractivity (Wildman–Crippen MR) is 125 cm³/mol. The molecule has 0 fully saturated rings. The fourth-order valence-corrected chi connectivity index (χ4v) is 3.46. The molecule has 0 radical (unpaired) electrons. The second-order valence-corrected chi connectivity index (χ2v) is 7.61. The van der Waals surface area contributed by atoms with E-state index in [1.807, 2.05) is 18.7 Å². The van der Waals surface area contributed by atoms with Crippen molar-refractivity contribution in [2.24, 2.45) is 16.5 Å². The lowest BCUT2D eigenvalue weighted by Gasteiger charge is -2.22. The molecule has 1 aliphatic heterocycles. The monoisotopic (exact) mass is 435 g/mol. The van der Waals surface area contributed by atoms with Crippen LogP contribution in [0.5, 0.6) is 0 Å². The minimum Gasteiger partial charge on any atom is -0.387 e. The number of nitrogens with two attached hydrogens (primary N) is 2. The number of anilines is 1. The Hall–Kier alpha value is -3.59. The molecular formula is C23H29N7O2. The van der Waals surface area contributed by atoms with Gasteiger partial charge in [-0.15, -0.1) is 0 Å². The lowest BCUT2D eigenvalue weighted by atomic mass is 10.1. The van der Waals surface area contributed by atoms with Gasteiger partial charge in [-0.1, -0.05) is 13.8 Å². The summed E-state index contributed by atoms with van der Waals surface area (Å²) in [4.78, 5) is 40.4. The fraction of sp³-hybridized carbons (Fsp3) is 0.348. The molecule has 0 saturated heterocycles. The molecule has 168 valence electrons. The smallest absolute Gasteiger partial charge is 0.257 e. The van der Waals surface area contributed by atoms with E-state index in [1.165, 1.54) is 6.20 Å². The summed E-state index contributed by atoms with van der Waals surface area (Å²) >= 11 is 0. The molecule has 3 rings (SSSR count). The molecule has 0 atom stereocenters. The summed E-state index contributed by atoms with van der Waals surface area (Å²) in [7, 11) is 0. The van der Waals surface area contributed by atoms with E-state index in [-0.39, 0.29) is 18.2 Å². The molecule has 2 aromatic heterocycles. The summed E-state index contributed by atoms with van der Waals surface area (Å²) in [5.74, 6) is -0.113. The molecule has 0 aliphatic carbocycles. The van der Waals surface area contributed by atoms with E-state index in [4.69, 9.17) is 11.5 Å². The predicted octanol–water partition coefficient (Wildman–Crippen LogP) is 2.61. The molecular weight excluding hydrogens is 406 g/mol. The maximum Gasteiger partial charge on any atom is 0.257 e. The van der Waals surface area contributed by atoms with Crippen molar-refractivity contribution in [3.8, 4) is 0 Å². The van der Waals surface area contributed by atoms with Crippen molar-refractivity contribution in [3.05, 3.63) is 53.1 Å². The van der Waals surface area contributed by atoms with E-state index >= 15 is 0 Å². The van der Waals surface area contributed by atoms with E-state index in [0.29, 0.717) is 53.7 Å². The Bertz CT molecular complexity index is 1060. The number of carbonyl (C=O) groups is 2. The second kappa shape index (κ2) is 10.6. The van der Waals surface area contributed by atoms with Crippen LogP contribution in [0.2, 0.25) is 0 Å². The van der Waals surface area contributed by atoms with Crippen LogP contribution in [0.4, 0.5) is 11.4 Å². The van der Waals surface area contributed by atoms with E-state index in [9.17, 15) is 9.59 Å². The highest BCUT2D eigenvalue weighted by atomic mass is 16.2. The van der Waals surface area contributed by atoms with Crippen molar-refractivity contribution in [2.75, 3.05) is 18.4 Å². The number of aliphatic imine (C=N–C) groups is 1. The zero-order valence-corrected chi connectivity index (χ0v) is 18.5. The van der Waals surface area contributed by atoms with Gasteiger partial charge in [-0.2, -0.15) is 0 Å². The molecule has 0 spiro atoms. The third-order valence-electron chi connectivity index (χ3n) is 4.94. The van der Waals surface area contributed by atoms with Gasteiger partial charge >= 0.3 is 0 Å². The fourth-order valence-electron chi connectivity index (χ4n) is 3.46. The maximum absolute atomic E-state index is 13.1. The molecule has 5 N–H and O–H groups in total. The quantitative estimate of drug-likeness (QED) is 0.582. The first kappa shape index (κ1) is 23.1. The number of pyridine rings is 2. The van der Waals surface area contributed by atoms with Crippen LogP contribution in [0, 0.1) is 0 Å². The van der Waals surface area contributed by atoms with E-state index in [2.05, 4.69) is 20.3 Å². The van der Waals surface area contributed by atoms with Gasteiger partial charge in [-0.05, 0) is 36.6 Å². The minimum absolute atomic E-state index is 0.0596. The van der Waals surface area contributed by atoms with Gasteiger partial charge in [0.2, 0.25) is 5.91 Å². The molecule has 2 amide bonds. The van der Waals surface area contributed by atoms with Gasteiger partial charge in [0.1, 0.15) is 5.84 Å². The van der Waals surface area contributed by atoms with Crippen molar-refractivity contribution >= 4 is 35.1 Å². The third-order valence-corrected chi connectivity index (χ3v) is 4.94. The Kier molecular flexibility index (Phi) is 7.67. The van der Waals surface area contributed by atoms with Crippen LogP contribution < -0.4 is 16.8 Å². The summed E-state index contributed by atoms with van der Waals surface area (Å²) < 4.78 is 0. The molecule has 0 bridgehead atoms. The summed E-state index contributed by atoms with van der Waals surface area (Å²) in [5, 5.41) is 2.78. The highest BCUT2D eigenvalue weighted by Crippen LogP contribution is 2.27. The van der Waals surface area contributed by atoms with Crippen LogP contribution in [0.15, 0.2) is 41.3 Å². The molecule has 3 heterocycles. The van der Waals surface area contributed by atoms with E-state index in [0.717, 1.165) is 18.4 Å². The molecule has 2 aromatic rings. The largest absolute Gasteiger partial charge is 0.387 e. The van der Waals surface area contributed by atoms with Crippen LogP contribution in [0.3, 0.4) is 0 Å². The zero-order chi connectivity index (χ0) is 23.1. The van der Waals surface area contributed by atoms with Gasteiger partial charge in [-0.3, -0.25) is 19.6 Å². The lowest BCUT2D eigenvalue weighted by Crippen LogP contribution is -2.34. The van der Waals surface area contributed by atoms with Crippen molar-refractivity contribution in [1.82, 2.24) is 14.9 Å². The highest BCUT2D eigenvalue weighted by molar-refractivity contribution is 6.07. The Balaban J connectivity index is 1.86. The van der Waals surface area contributed by atoms with Crippen molar-refractivity contribution in [1.29, 1.82) is 0 Å². The SMILES string of the molecule is CCCN(CCC)C(=O)C1=Cc2ncc(C(=O)Nc3cncc(CN)c3)cc2N=C(N)C1. The van der Waals surface area contributed by atoms with Crippen molar-refractivity contribution in [3.63, 3.8) is 0 Å². The van der Waals surface area contributed by atoms with E-state index in [1.54, 1.807) is 30.6 Å². The Morgan fingerprint density at radius 2 is 1.88 bits per heavy atom. The van der Waals surface area contributed by atoms with Crippen LogP contribution >= 0.6 is 0 Å². The van der Waals surface area contributed by atoms with Gasteiger partial charge in [0.25, 0.3) is 5.91 Å². The lowest BCUT2D eigenvalue weighted by molar-refractivity contribution is -0.127. The number of carbonyl (C=O) groups excluding carboxylic acids is 2. The molecule has 9 heteroatoms. The number of fused-ring (bicyclic) bond motifs is 1. The van der Waals surface area contributed by atoms with Crippen LogP contribution in [0.25, 0.3) is 6.08 Å². The number of hydrogen-bond donors (Lipinski definition) is 3. The summed E-state index contributed by atoms with van der Waals surface area (Å²) in [5.41, 5.74) is 14.9. The molecule has 0 aromatic carbocycles. The van der Waals surface area contributed by atoms with E-state index < -0.39 is 0 Å². The Morgan fingerprint density at radius 3 is 2.56 bits per heavy atom. The standard InChI is InChI=1S/C23H29N7O2/c1-3-5-30(6-4-2)23(32)16-8-19-20(29-21(25)10-16)9-17(13-27-19)22(31)28-18-7-15(11-24)12-26-14-18/h7-9,12-14H,3-6,10-11,24H2,1-2H3,(H2,25,29)(H,28,31). The van der Waals surface area contributed by atoms with Crippen LogP contribution in [-0.4, -0.2) is 45.6 Å². The first-order valence-corrected chi connectivity index (χ1v) is 10.7. The average Bonchev–Trinajstić information content (AvgIpc) is 2.95. The molecule has 32 heavy (non-hydrogen) atoms. The number of amides is 2. The zero-order valence-electron chi connectivity index (χ0n) is 18.5. The molecule has 9 nitrogen and oxygen atoms in total. The van der Waals surface area contributed by atoms with Crippen molar-refractivity contribution in [2.45, 2.75) is 39.7 Å². The molecule has 0 saturated carbocycles. The number of rotatable bonds is 8. The number of amidine groups is 1. The second-order valence-electron chi connectivity index (χ2n) is 7.61.